The first-order chi connectivity index (χ1) is 11.3. The lowest BCUT2D eigenvalue weighted by atomic mass is 10.1. The molecule has 0 radical (unpaired) electrons. The number of nitrogens with zero attached hydrogens (tertiary/aromatic N) is 2. The topological polar surface area (TPSA) is 62.5 Å². The van der Waals surface area contributed by atoms with Gasteiger partial charge in [0.25, 0.3) is 0 Å². The summed E-state index contributed by atoms with van der Waals surface area (Å²) in [5.74, 6) is -0.238. The zero-order valence-electron chi connectivity index (χ0n) is 12.1. The van der Waals surface area contributed by atoms with Crippen molar-refractivity contribution < 1.29 is 9.90 Å². The van der Waals surface area contributed by atoms with Crippen molar-refractivity contribution in [3.05, 3.63) is 77.5 Å². The van der Waals surface area contributed by atoms with Crippen LogP contribution >= 0.6 is 0 Å². The summed E-state index contributed by atoms with van der Waals surface area (Å²) < 4.78 is 0. The van der Waals surface area contributed by atoms with E-state index < -0.39 is 0 Å². The second-order valence-corrected chi connectivity index (χ2v) is 5.25. The first-order valence-electron chi connectivity index (χ1n) is 7.21. The number of aromatic nitrogens is 1. The minimum absolute atomic E-state index is 0.0254. The molecular formula is C19H12N2O2. The average Bonchev–Trinajstić information content (AvgIpc) is 2.84. The van der Waals surface area contributed by atoms with Crippen LogP contribution in [0.1, 0.15) is 15.9 Å². The fourth-order valence-electron chi connectivity index (χ4n) is 2.73. The molecule has 4 rings (SSSR count). The minimum atomic E-state index is -0.213. The van der Waals surface area contributed by atoms with Crippen LogP contribution in [0.5, 0.6) is 0 Å². The molecule has 110 valence electrons. The molecule has 3 aromatic rings. The van der Waals surface area contributed by atoms with Crippen LogP contribution in [0.4, 0.5) is 5.69 Å². The largest absolute Gasteiger partial charge is 0.506 e. The molecule has 0 aliphatic heterocycles. The summed E-state index contributed by atoms with van der Waals surface area (Å²) in [6.07, 6.45) is 3.12. The van der Waals surface area contributed by atoms with Crippen molar-refractivity contribution in [3.8, 4) is 0 Å². The lowest BCUT2D eigenvalue weighted by Gasteiger charge is -2.00. The Balaban J connectivity index is 1.78. The number of Topliss-reactive ketones (excluding diaryl/α,β-unsaturated/α-hetero) is 1. The van der Waals surface area contributed by atoms with Gasteiger partial charge < -0.3 is 5.11 Å². The Bertz CT molecular complexity index is 998. The Labute approximate surface area is 132 Å². The molecule has 1 aliphatic carbocycles. The van der Waals surface area contributed by atoms with E-state index in [0.29, 0.717) is 16.8 Å². The highest BCUT2D eigenvalue weighted by Crippen LogP contribution is 2.31. The van der Waals surface area contributed by atoms with Crippen molar-refractivity contribution in [2.45, 2.75) is 0 Å². The van der Waals surface area contributed by atoms with Crippen molar-refractivity contribution in [1.82, 2.24) is 4.98 Å². The number of ketones is 1. The highest BCUT2D eigenvalue weighted by atomic mass is 16.3. The van der Waals surface area contributed by atoms with Crippen LogP contribution in [0.2, 0.25) is 0 Å². The van der Waals surface area contributed by atoms with E-state index in [4.69, 9.17) is 0 Å². The number of carbonyl (C=O) groups is 1. The predicted molar refractivity (Wildman–Crippen MR) is 90.2 cm³/mol. The van der Waals surface area contributed by atoms with E-state index in [1.54, 1.807) is 30.5 Å². The molecule has 0 bridgehead atoms. The summed E-state index contributed by atoms with van der Waals surface area (Å²) in [5, 5.41) is 11.2. The van der Waals surface area contributed by atoms with E-state index in [1.807, 2.05) is 30.3 Å². The quantitative estimate of drug-likeness (QED) is 0.725. The first kappa shape index (κ1) is 13.4. The van der Waals surface area contributed by atoms with Crippen molar-refractivity contribution in [1.29, 1.82) is 0 Å². The maximum Gasteiger partial charge on any atom is 0.199 e. The Hall–Kier alpha value is -3.27. The van der Waals surface area contributed by atoms with E-state index in [1.165, 1.54) is 6.21 Å². The van der Waals surface area contributed by atoms with Gasteiger partial charge in [0.05, 0.1) is 16.8 Å². The molecule has 0 amide bonds. The average molecular weight is 300 g/mol. The molecule has 0 saturated carbocycles. The number of aliphatic hydroxyl groups is 1. The van der Waals surface area contributed by atoms with Crippen LogP contribution in [-0.2, 0) is 0 Å². The fourth-order valence-corrected chi connectivity index (χ4v) is 2.73. The Morgan fingerprint density at radius 3 is 2.57 bits per heavy atom. The molecule has 4 nitrogen and oxygen atoms in total. The lowest BCUT2D eigenvalue weighted by molar-refractivity contribution is 0.104. The highest BCUT2D eigenvalue weighted by molar-refractivity contribution is 6.30. The molecule has 0 spiro atoms. The second kappa shape index (κ2) is 5.18. The maximum absolute atomic E-state index is 12.4. The number of hydrogen-bond acceptors (Lipinski definition) is 4. The molecule has 1 aliphatic rings. The number of aliphatic hydroxyl groups excluding tert-OH is 1. The van der Waals surface area contributed by atoms with Crippen molar-refractivity contribution in [2.75, 3.05) is 0 Å². The van der Waals surface area contributed by atoms with Gasteiger partial charge in [-0.05, 0) is 12.1 Å². The third-order valence-corrected chi connectivity index (χ3v) is 3.87. The van der Waals surface area contributed by atoms with E-state index in [-0.39, 0.29) is 17.1 Å². The summed E-state index contributed by atoms with van der Waals surface area (Å²) >= 11 is 0. The molecule has 0 fully saturated rings. The van der Waals surface area contributed by atoms with Crippen LogP contribution in [-0.4, -0.2) is 22.1 Å². The van der Waals surface area contributed by atoms with Crippen LogP contribution < -0.4 is 0 Å². The lowest BCUT2D eigenvalue weighted by Crippen LogP contribution is -1.99. The molecular weight excluding hydrogens is 288 g/mol. The first-order valence-corrected chi connectivity index (χ1v) is 7.21. The number of pyridine rings is 1. The summed E-state index contributed by atoms with van der Waals surface area (Å²) in [7, 11) is 0. The standard InChI is InChI=1S/C19H12N2O2/c22-18-13-7-1-2-8-14(13)19(23)15(18)11-21-16-9-3-5-12-6-4-10-20-17(12)16/h1-11,22H. The number of carbonyl (C=O) groups excluding carboxylic acids is 1. The second-order valence-electron chi connectivity index (χ2n) is 5.25. The zero-order chi connectivity index (χ0) is 15.8. The van der Waals surface area contributed by atoms with Gasteiger partial charge >= 0.3 is 0 Å². The van der Waals surface area contributed by atoms with E-state index in [2.05, 4.69) is 9.98 Å². The van der Waals surface area contributed by atoms with E-state index in [0.717, 1.165) is 10.9 Å². The van der Waals surface area contributed by atoms with E-state index >= 15 is 0 Å². The summed E-state index contributed by atoms with van der Waals surface area (Å²) in [5.41, 5.74) is 2.68. The third-order valence-electron chi connectivity index (χ3n) is 3.87. The van der Waals surface area contributed by atoms with Crippen LogP contribution in [0.25, 0.3) is 16.7 Å². The molecule has 1 heterocycles. The SMILES string of the molecule is O=C1C(C=Nc2cccc3cccnc23)=C(O)c2ccccc21. The van der Waals surface area contributed by atoms with Gasteiger partial charge in [0.15, 0.2) is 5.78 Å². The number of para-hydroxylation sites is 1. The zero-order valence-corrected chi connectivity index (χ0v) is 12.1. The summed E-state index contributed by atoms with van der Waals surface area (Å²) in [6, 6.07) is 16.5. The Kier molecular flexibility index (Phi) is 3.01. The number of aliphatic imine (C=N–C) groups is 1. The predicted octanol–water partition coefficient (Wildman–Crippen LogP) is 4.10. The van der Waals surface area contributed by atoms with Crippen molar-refractivity contribution >= 4 is 34.3 Å². The molecule has 2 aromatic carbocycles. The normalized spacial score (nSPS) is 14.0. The van der Waals surface area contributed by atoms with Gasteiger partial charge in [0, 0.05) is 28.9 Å². The minimum Gasteiger partial charge on any atom is -0.506 e. The van der Waals surface area contributed by atoms with Gasteiger partial charge in [-0.3, -0.25) is 14.8 Å². The molecule has 0 unspecified atom stereocenters. The molecule has 0 atom stereocenters. The molecule has 0 saturated heterocycles. The van der Waals surface area contributed by atoms with Gasteiger partial charge in [-0.25, -0.2) is 0 Å². The Morgan fingerprint density at radius 2 is 1.74 bits per heavy atom. The van der Waals surface area contributed by atoms with E-state index in [9.17, 15) is 9.90 Å². The molecule has 4 heteroatoms. The molecule has 1 N–H and O–H groups in total. The summed E-state index contributed by atoms with van der Waals surface area (Å²) in [4.78, 5) is 21.1. The number of fused-ring (bicyclic) bond motifs is 2. The highest BCUT2D eigenvalue weighted by Gasteiger charge is 2.27. The number of allylic oxidation sites excluding steroid dienone is 1. The third kappa shape index (κ3) is 2.12. The smallest absolute Gasteiger partial charge is 0.199 e. The Morgan fingerprint density at radius 1 is 0.957 bits per heavy atom. The monoisotopic (exact) mass is 300 g/mol. The fraction of sp³-hybridized carbons (Fsp3) is 0. The van der Waals surface area contributed by atoms with Crippen molar-refractivity contribution in [3.63, 3.8) is 0 Å². The number of rotatable bonds is 2. The van der Waals surface area contributed by atoms with Crippen molar-refractivity contribution in [2.24, 2.45) is 4.99 Å². The number of hydrogen-bond donors (Lipinski definition) is 1. The summed E-state index contributed by atoms with van der Waals surface area (Å²) in [6.45, 7) is 0. The van der Waals surface area contributed by atoms with Crippen LogP contribution in [0, 0.1) is 0 Å². The van der Waals surface area contributed by atoms with Gasteiger partial charge in [-0.15, -0.1) is 0 Å². The molecule has 23 heavy (non-hydrogen) atoms. The van der Waals surface area contributed by atoms with Gasteiger partial charge in [-0.1, -0.05) is 42.5 Å². The number of benzene rings is 2. The van der Waals surface area contributed by atoms with Gasteiger partial charge in [0.2, 0.25) is 0 Å². The maximum atomic E-state index is 12.4. The van der Waals surface area contributed by atoms with Gasteiger partial charge in [-0.2, -0.15) is 0 Å². The van der Waals surface area contributed by atoms with Crippen LogP contribution in [0.3, 0.4) is 0 Å². The molecule has 1 aromatic heterocycles. The van der Waals surface area contributed by atoms with Gasteiger partial charge in [0.1, 0.15) is 5.76 Å². The van der Waals surface area contributed by atoms with Crippen LogP contribution in [0.15, 0.2) is 71.4 Å².